The molecule has 1 aromatic rings. The Kier molecular flexibility index (Phi) is 5.92. The molecule has 21 heavy (non-hydrogen) atoms. The minimum atomic E-state index is 0.275. The van der Waals surface area contributed by atoms with E-state index in [-0.39, 0.29) is 6.04 Å². The summed E-state index contributed by atoms with van der Waals surface area (Å²) in [5.74, 6) is 2.65. The number of nitrogens with one attached hydrogen (secondary N) is 1. The van der Waals surface area contributed by atoms with E-state index in [1.54, 1.807) is 7.11 Å². The molecule has 1 fully saturated rings. The number of ether oxygens (including phenoxy) is 2. The van der Waals surface area contributed by atoms with Gasteiger partial charge in [-0.15, -0.1) is 0 Å². The highest BCUT2D eigenvalue weighted by Gasteiger charge is 2.23. The van der Waals surface area contributed by atoms with Gasteiger partial charge in [0.05, 0.1) is 13.2 Å². The van der Waals surface area contributed by atoms with E-state index in [1.165, 1.54) is 37.7 Å². The van der Waals surface area contributed by atoms with E-state index in [9.17, 15) is 0 Å². The number of hydrogen-bond acceptors (Lipinski definition) is 3. The van der Waals surface area contributed by atoms with Gasteiger partial charge in [0, 0.05) is 17.7 Å². The summed E-state index contributed by atoms with van der Waals surface area (Å²) < 4.78 is 11.7. The second kappa shape index (κ2) is 7.69. The minimum absolute atomic E-state index is 0.275. The van der Waals surface area contributed by atoms with Crippen molar-refractivity contribution in [2.45, 2.75) is 58.1 Å². The summed E-state index contributed by atoms with van der Waals surface area (Å²) in [5, 5.41) is 3.30. The van der Waals surface area contributed by atoms with Crippen LogP contribution in [0.3, 0.4) is 0 Å². The summed E-state index contributed by atoms with van der Waals surface area (Å²) in [5.41, 5.74) is 1.21. The quantitative estimate of drug-likeness (QED) is 0.846. The average Bonchev–Trinajstić information content (AvgIpc) is 2.54. The molecule has 1 N–H and O–H groups in total. The fraction of sp³-hybridized carbons (Fsp3) is 0.667. The Hall–Kier alpha value is -1.22. The van der Waals surface area contributed by atoms with E-state index < -0.39 is 0 Å². The summed E-state index contributed by atoms with van der Waals surface area (Å²) in [6.45, 7) is 4.44. The Morgan fingerprint density at radius 3 is 2.81 bits per heavy atom. The SMILES string of the molecule is CCC1CCCC(Oc2cc(OC)ccc2C(C)NC)C1. The molecule has 2 rings (SSSR count). The van der Waals surface area contributed by atoms with E-state index in [4.69, 9.17) is 9.47 Å². The highest BCUT2D eigenvalue weighted by atomic mass is 16.5. The van der Waals surface area contributed by atoms with Crippen LogP contribution in [0.5, 0.6) is 11.5 Å². The molecule has 0 spiro atoms. The maximum Gasteiger partial charge on any atom is 0.128 e. The number of methoxy groups -OCH3 is 1. The number of rotatable bonds is 6. The lowest BCUT2D eigenvalue weighted by Crippen LogP contribution is -2.26. The smallest absolute Gasteiger partial charge is 0.128 e. The van der Waals surface area contributed by atoms with Crippen molar-refractivity contribution in [1.29, 1.82) is 0 Å². The first-order valence-corrected chi connectivity index (χ1v) is 8.19. The first-order chi connectivity index (χ1) is 10.2. The zero-order valence-corrected chi connectivity index (χ0v) is 13.8. The molecule has 1 aromatic carbocycles. The Morgan fingerprint density at radius 2 is 2.14 bits per heavy atom. The van der Waals surface area contributed by atoms with Crippen LogP contribution >= 0.6 is 0 Å². The zero-order valence-electron chi connectivity index (χ0n) is 13.8. The van der Waals surface area contributed by atoms with Crippen molar-refractivity contribution in [3.8, 4) is 11.5 Å². The average molecular weight is 291 g/mol. The highest BCUT2D eigenvalue weighted by molar-refractivity contribution is 5.42. The Balaban J connectivity index is 2.16. The normalized spacial score (nSPS) is 23.6. The van der Waals surface area contributed by atoms with E-state index in [0.29, 0.717) is 6.10 Å². The van der Waals surface area contributed by atoms with Gasteiger partial charge in [-0.25, -0.2) is 0 Å². The third kappa shape index (κ3) is 4.13. The largest absolute Gasteiger partial charge is 0.497 e. The summed E-state index contributed by atoms with van der Waals surface area (Å²) in [4.78, 5) is 0. The van der Waals surface area contributed by atoms with Crippen molar-refractivity contribution < 1.29 is 9.47 Å². The van der Waals surface area contributed by atoms with Crippen LogP contribution in [0.1, 0.15) is 57.6 Å². The molecule has 1 aliphatic carbocycles. The van der Waals surface area contributed by atoms with Gasteiger partial charge in [0.15, 0.2) is 0 Å². The van der Waals surface area contributed by atoms with Gasteiger partial charge in [0.1, 0.15) is 11.5 Å². The molecular weight excluding hydrogens is 262 g/mol. The Labute approximate surface area is 129 Å². The number of benzene rings is 1. The molecule has 3 atom stereocenters. The van der Waals surface area contributed by atoms with Crippen LogP contribution in [0.15, 0.2) is 18.2 Å². The van der Waals surface area contributed by atoms with Crippen molar-refractivity contribution in [3.63, 3.8) is 0 Å². The summed E-state index contributed by atoms with van der Waals surface area (Å²) in [6.07, 6.45) is 6.59. The molecule has 0 aliphatic heterocycles. The standard InChI is InChI=1S/C18H29NO2/c1-5-14-7-6-8-16(11-14)21-18-12-15(20-4)9-10-17(18)13(2)19-3/h9-10,12-14,16,19H,5-8,11H2,1-4H3. The molecule has 0 aromatic heterocycles. The van der Waals surface area contributed by atoms with Crippen molar-refractivity contribution in [1.82, 2.24) is 5.32 Å². The third-order valence-electron chi connectivity index (χ3n) is 4.73. The second-order valence-corrected chi connectivity index (χ2v) is 6.09. The molecule has 0 bridgehead atoms. The van der Waals surface area contributed by atoms with E-state index in [1.807, 2.05) is 19.2 Å². The molecule has 1 aliphatic rings. The molecule has 3 nitrogen and oxygen atoms in total. The Bertz CT molecular complexity index is 447. The van der Waals surface area contributed by atoms with Crippen LogP contribution in [0.25, 0.3) is 0 Å². The fourth-order valence-electron chi connectivity index (χ4n) is 3.16. The van der Waals surface area contributed by atoms with Crippen LogP contribution in [0, 0.1) is 5.92 Å². The van der Waals surface area contributed by atoms with Gasteiger partial charge >= 0.3 is 0 Å². The summed E-state index contributed by atoms with van der Waals surface area (Å²) in [6, 6.07) is 6.41. The zero-order chi connectivity index (χ0) is 15.2. The number of hydrogen-bond donors (Lipinski definition) is 1. The van der Waals surface area contributed by atoms with Crippen molar-refractivity contribution in [2.24, 2.45) is 5.92 Å². The van der Waals surface area contributed by atoms with Crippen molar-refractivity contribution in [2.75, 3.05) is 14.2 Å². The first kappa shape index (κ1) is 16.2. The third-order valence-corrected chi connectivity index (χ3v) is 4.73. The topological polar surface area (TPSA) is 30.5 Å². The van der Waals surface area contributed by atoms with Crippen molar-refractivity contribution in [3.05, 3.63) is 23.8 Å². The van der Waals surface area contributed by atoms with Crippen LogP contribution in [-0.4, -0.2) is 20.3 Å². The molecule has 0 saturated heterocycles. The van der Waals surface area contributed by atoms with E-state index in [2.05, 4.69) is 25.2 Å². The van der Waals surface area contributed by atoms with E-state index >= 15 is 0 Å². The predicted octanol–water partition coefficient (Wildman–Crippen LogP) is 4.32. The molecule has 0 radical (unpaired) electrons. The van der Waals surface area contributed by atoms with Gasteiger partial charge in [-0.2, -0.15) is 0 Å². The van der Waals surface area contributed by atoms with Gasteiger partial charge in [-0.05, 0) is 45.2 Å². The molecule has 0 amide bonds. The molecule has 1 saturated carbocycles. The lowest BCUT2D eigenvalue weighted by Gasteiger charge is -2.30. The molecule has 3 heteroatoms. The second-order valence-electron chi connectivity index (χ2n) is 6.09. The van der Waals surface area contributed by atoms with Gasteiger partial charge in [0.2, 0.25) is 0 Å². The van der Waals surface area contributed by atoms with Crippen molar-refractivity contribution >= 4 is 0 Å². The van der Waals surface area contributed by atoms with Gasteiger partial charge < -0.3 is 14.8 Å². The van der Waals surface area contributed by atoms with Crippen LogP contribution in [0.2, 0.25) is 0 Å². The van der Waals surface area contributed by atoms with Gasteiger partial charge in [0.25, 0.3) is 0 Å². The predicted molar refractivity (Wildman–Crippen MR) is 87.1 cm³/mol. The molecule has 0 heterocycles. The molecular formula is C18H29NO2. The molecule has 118 valence electrons. The lowest BCUT2D eigenvalue weighted by atomic mass is 9.85. The van der Waals surface area contributed by atoms with Gasteiger partial charge in [-0.3, -0.25) is 0 Å². The molecule has 3 unspecified atom stereocenters. The van der Waals surface area contributed by atoms with E-state index in [0.717, 1.165) is 17.4 Å². The monoisotopic (exact) mass is 291 g/mol. The van der Waals surface area contributed by atoms with Crippen LogP contribution in [-0.2, 0) is 0 Å². The maximum absolute atomic E-state index is 6.36. The first-order valence-electron chi connectivity index (χ1n) is 8.19. The fourth-order valence-corrected chi connectivity index (χ4v) is 3.16. The lowest BCUT2D eigenvalue weighted by molar-refractivity contribution is 0.120. The minimum Gasteiger partial charge on any atom is -0.497 e. The summed E-state index contributed by atoms with van der Waals surface area (Å²) >= 11 is 0. The maximum atomic E-state index is 6.36. The van der Waals surface area contributed by atoms with Crippen LogP contribution in [0.4, 0.5) is 0 Å². The van der Waals surface area contributed by atoms with Gasteiger partial charge in [-0.1, -0.05) is 25.8 Å². The summed E-state index contributed by atoms with van der Waals surface area (Å²) in [7, 11) is 3.68. The Morgan fingerprint density at radius 1 is 1.33 bits per heavy atom. The van der Waals surface area contributed by atoms with Crippen LogP contribution < -0.4 is 14.8 Å². The highest BCUT2D eigenvalue weighted by Crippen LogP contribution is 2.34.